The van der Waals surface area contributed by atoms with Crippen molar-refractivity contribution in [2.24, 2.45) is 7.05 Å². The molecule has 1 fully saturated rings. The van der Waals surface area contributed by atoms with E-state index in [2.05, 4.69) is 4.98 Å². The molecule has 1 amide bonds. The van der Waals surface area contributed by atoms with Gasteiger partial charge in [0.1, 0.15) is 5.69 Å². The summed E-state index contributed by atoms with van der Waals surface area (Å²) < 4.78 is 7.23. The molecular formula is C19H25N3O3S. The highest BCUT2D eigenvalue weighted by atomic mass is 32.1. The average molecular weight is 375 g/mol. The summed E-state index contributed by atoms with van der Waals surface area (Å²) in [5, 5.41) is 1.95. The fourth-order valence-corrected chi connectivity index (χ4v) is 3.96. The van der Waals surface area contributed by atoms with E-state index in [1.165, 1.54) is 11.3 Å². The van der Waals surface area contributed by atoms with E-state index in [9.17, 15) is 9.59 Å². The number of hydrogen-bond donors (Lipinski definition) is 0. The van der Waals surface area contributed by atoms with E-state index < -0.39 is 0 Å². The van der Waals surface area contributed by atoms with Gasteiger partial charge in [0.2, 0.25) is 0 Å². The van der Waals surface area contributed by atoms with Crippen LogP contribution in [0.1, 0.15) is 48.3 Å². The van der Waals surface area contributed by atoms with Crippen molar-refractivity contribution in [1.29, 1.82) is 0 Å². The number of likely N-dealkylation sites (tertiary alicyclic amines) is 1. The highest BCUT2D eigenvalue weighted by Crippen LogP contribution is 2.22. The SMILES string of the molecule is Cn1cccc1C(=O)N1CCCCC1CCOC(=O)CCc1cscn1. The fourth-order valence-electron chi connectivity index (χ4n) is 3.37. The van der Waals surface area contributed by atoms with E-state index >= 15 is 0 Å². The lowest BCUT2D eigenvalue weighted by Gasteiger charge is -2.35. The number of amides is 1. The van der Waals surface area contributed by atoms with E-state index in [1.807, 2.05) is 40.2 Å². The van der Waals surface area contributed by atoms with E-state index in [4.69, 9.17) is 4.74 Å². The maximum absolute atomic E-state index is 12.8. The number of rotatable bonds is 7. The van der Waals surface area contributed by atoms with Gasteiger partial charge in [0.25, 0.3) is 5.91 Å². The zero-order valence-electron chi connectivity index (χ0n) is 15.1. The number of aryl methyl sites for hydroxylation is 2. The molecule has 0 saturated carbocycles. The Balaban J connectivity index is 1.47. The van der Waals surface area contributed by atoms with Gasteiger partial charge in [0, 0.05) is 44.1 Å². The summed E-state index contributed by atoms with van der Waals surface area (Å²) in [6.45, 7) is 1.13. The third-order valence-electron chi connectivity index (χ3n) is 4.83. The van der Waals surface area contributed by atoms with Gasteiger partial charge in [-0.05, 0) is 31.4 Å². The molecule has 1 unspecified atom stereocenters. The molecule has 3 heterocycles. The highest BCUT2D eigenvalue weighted by molar-refractivity contribution is 7.07. The summed E-state index contributed by atoms with van der Waals surface area (Å²) in [5.41, 5.74) is 3.40. The molecule has 0 spiro atoms. The Hall–Kier alpha value is -2.15. The summed E-state index contributed by atoms with van der Waals surface area (Å²) in [4.78, 5) is 30.8. The van der Waals surface area contributed by atoms with E-state index in [-0.39, 0.29) is 17.9 Å². The summed E-state index contributed by atoms with van der Waals surface area (Å²) in [6.07, 6.45) is 6.64. The van der Waals surface area contributed by atoms with Crippen molar-refractivity contribution >= 4 is 23.2 Å². The average Bonchev–Trinajstić information content (AvgIpc) is 3.31. The van der Waals surface area contributed by atoms with Crippen molar-refractivity contribution in [1.82, 2.24) is 14.5 Å². The van der Waals surface area contributed by atoms with Gasteiger partial charge in [-0.3, -0.25) is 9.59 Å². The Labute approximate surface area is 157 Å². The first-order valence-corrected chi connectivity index (χ1v) is 10.0. The zero-order valence-corrected chi connectivity index (χ0v) is 15.9. The molecule has 6 nitrogen and oxygen atoms in total. The topological polar surface area (TPSA) is 64.4 Å². The van der Waals surface area contributed by atoms with Crippen LogP contribution in [0.15, 0.2) is 29.2 Å². The minimum Gasteiger partial charge on any atom is -0.466 e. The van der Waals surface area contributed by atoms with Gasteiger partial charge in [-0.1, -0.05) is 0 Å². The first-order valence-electron chi connectivity index (χ1n) is 9.10. The summed E-state index contributed by atoms with van der Waals surface area (Å²) in [7, 11) is 1.89. The van der Waals surface area contributed by atoms with Gasteiger partial charge in [-0.25, -0.2) is 4.98 Å². The molecule has 3 rings (SSSR count). The predicted octanol–water partition coefficient (Wildman–Crippen LogP) is 3.04. The molecule has 1 atom stereocenters. The third-order valence-corrected chi connectivity index (χ3v) is 5.47. The Morgan fingerprint density at radius 2 is 2.27 bits per heavy atom. The summed E-state index contributed by atoms with van der Waals surface area (Å²) >= 11 is 1.53. The van der Waals surface area contributed by atoms with Crippen molar-refractivity contribution in [3.05, 3.63) is 40.6 Å². The molecule has 0 bridgehead atoms. The Morgan fingerprint density at radius 1 is 1.38 bits per heavy atom. The van der Waals surface area contributed by atoms with Crippen LogP contribution in [0.2, 0.25) is 0 Å². The number of piperidine rings is 1. The smallest absolute Gasteiger partial charge is 0.306 e. The van der Waals surface area contributed by atoms with Crippen LogP contribution >= 0.6 is 11.3 Å². The lowest BCUT2D eigenvalue weighted by molar-refractivity contribution is -0.144. The van der Waals surface area contributed by atoms with E-state index in [1.54, 1.807) is 5.51 Å². The predicted molar refractivity (Wildman–Crippen MR) is 100 cm³/mol. The Bertz CT molecular complexity index is 726. The van der Waals surface area contributed by atoms with Gasteiger partial charge in [-0.2, -0.15) is 0 Å². The first kappa shape index (κ1) is 18.6. The van der Waals surface area contributed by atoms with Crippen molar-refractivity contribution < 1.29 is 14.3 Å². The number of carbonyl (C=O) groups excluding carboxylic acids is 2. The van der Waals surface area contributed by atoms with Crippen molar-refractivity contribution in [2.45, 2.75) is 44.6 Å². The van der Waals surface area contributed by atoms with Gasteiger partial charge >= 0.3 is 5.97 Å². The number of ether oxygens (including phenoxy) is 1. The van der Waals surface area contributed by atoms with Crippen LogP contribution in [0.3, 0.4) is 0 Å². The van der Waals surface area contributed by atoms with Gasteiger partial charge in [-0.15, -0.1) is 11.3 Å². The van der Waals surface area contributed by atoms with Crippen LogP contribution in [0.5, 0.6) is 0 Å². The number of hydrogen-bond acceptors (Lipinski definition) is 5. The molecule has 0 aliphatic carbocycles. The highest BCUT2D eigenvalue weighted by Gasteiger charge is 2.28. The monoisotopic (exact) mass is 375 g/mol. The maximum Gasteiger partial charge on any atom is 0.306 e. The zero-order chi connectivity index (χ0) is 18.4. The standard InChI is InChI=1S/C19H25N3O3S/c1-21-10-4-6-17(21)19(24)22-11-3-2-5-16(22)9-12-25-18(23)8-7-15-13-26-14-20-15/h4,6,10,13-14,16H,2-3,5,7-9,11-12H2,1H3. The second kappa shape index (κ2) is 8.98. The molecule has 0 aromatic carbocycles. The van der Waals surface area contributed by atoms with Crippen LogP contribution < -0.4 is 0 Å². The minimum atomic E-state index is -0.200. The largest absolute Gasteiger partial charge is 0.466 e. The van der Waals surface area contributed by atoms with E-state index in [0.717, 1.165) is 31.5 Å². The Morgan fingerprint density at radius 3 is 3.00 bits per heavy atom. The minimum absolute atomic E-state index is 0.0667. The molecule has 0 radical (unpaired) electrons. The van der Waals surface area contributed by atoms with Crippen LogP contribution in [-0.2, 0) is 23.0 Å². The number of aromatic nitrogens is 2. The quantitative estimate of drug-likeness (QED) is 0.698. The molecule has 2 aromatic rings. The van der Waals surface area contributed by atoms with Gasteiger partial charge in [0.05, 0.1) is 24.2 Å². The van der Waals surface area contributed by atoms with Crippen LogP contribution in [0.4, 0.5) is 0 Å². The second-order valence-corrected chi connectivity index (χ2v) is 7.36. The van der Waals surface area contributed by atoms with Crippen LogP contribution in [-0.4, -0.2) is 45.5 Å². The molecule has 26 heavy (non-hydrogen) atoms. The van der Waals surface area contributed by atoms with Crippen molar-refractivity contribution in [2.75, 3.05) is 13.2 Å². The maximum atomic E-state index is 12.8. The molecule has 1 aliphatic rings. The summed E-state index contributed by atoms with van der Waals surface area (Å²) in [6, 6.07) is 3.88. The third kappa shape index (κ3) is 4.72. The molecule has 7 heteroatoms. The molecule has 140 valence electrons. The van der Waals surface area contributed by atoms with Gasteiger partial charge < -0.3 is 14.2 Å². The van der Waals surface area contributed by atoms with Crippen molar-refractivity contribution in [3.63, 3.8) is 0 Å². The fraction of sp³-hybridized carbons (Fsp3) is 0.526. The lowest BCUT2D eigenvalue weighted by atomic mass is 9.99. The molecule has 1 aliphatic heterocycles. The Kier molecular flexibility index (Phi) is 6.44. The van der Waals surface area contributed by atoms with Crippen LogP contribution in [0, 0.1) is 0 Å². The normalized spacial score (nSPS) is 17.3. The van der Waals surface area contributed by atoms with E-state index in [0.29, 0.717) is 31.6 Å². The second-order valence-electron chi connectivity index (χ2n) is 6.64. The lowest BCUT2D eigenvalue weighted by Crippen LogP contribution is -2.44. The number of nitrogens with zero attached hydrogens (tertiary/aromatic N) is 3. The molecule has 1 saturated heterocycles. The van der Waals surface area contributed by atoms with Crippen LogP contribution in [0.25, 0.3) is 0 Å². The molecule has 2 aromatic heterocycles. The number of carbonyl (C=O) groups is 2. The van der Waals surface area contributed by atoms with Crippen molar-refractivity contribution in [3.8, 4) is 0 Å². The summed E-state index contributed by atoms with van der Waals surface area (Å²) in [5.74, 6) is -0.133. The molecular weight excluding hydrogens is 350 g/mol. The number of esters is 1. The first-order chi connectivity index (χ1) is 12.6. The molecule has 0 N–H and O–H groups in total. The number of thiazole rings is 1. The van der Waals surface area contributed by atoms with Gasteiger partial charge in [0.15, 0.2) is 0 Å².